The Bertz CT molecular complexity index is 589. The third kappa shape index (κ3) is 3.19. The molecule has 0 spiro atoms. The summed E-state index contributed by atoms with van der Waals surface area (Å²) in [4.78, 5) is 10.2. The Balaban J connectivity index is 2.04. The lowest BCUT2D eigenvalue weighted by Crippen LogP contribution is -2.22. The molecule has 0 saturated heterocycles. The number of hydrogen-bond donors (Lipinski definition) is 1. The lowest BCUT2D eigenvalue weighted by Gasteiger charge is -2.19. The molecule has 0 aliphatic heterocycles. The third-order valence-corrected chi connectivity index (χ3v) is 2.87. The maximum Gasteiger partial charge on any atom is 0.151 e. The maximum absolute atomic E-state index is 8.78. The van der Waals surface area contributed by atoms with Crippen molar-refractivity contribution in [3.8, 4) is 6.07 Å². The highest BCUT2D eigenvalue weighted by molar-refractivity contribution is 5.64. The van der Waals surface area contributed by atoms with Gasteiger partial charge in [-0.25, -0.2) is 4.98 Å². The number of nitrogen functional groups attached to an aromatic ring is 1. The van der Waals surface area contributed by atoms with Crippen molar-refractivity contribution in [1.82, 2.24) is 9.97 Å². The molecule has 0 saturated carbocycles. The standard InChI is InChI=1S/C14H15N5/c1-19(7-4-11-2-5-17-6-3-11)14-13(16)8-12(9-15)10-18-14/h2-3,5-6,8,10H,4,7,16H2,1H3. The van der Waals surface area contributed by atoms with Crippen LogP contribution < -0.4 is 10.6 Å². The van der Waals surface area contributed by atoms with Gasteiger partial charge >= 0.3 is 0 Å². The van der Waals surface area contributed by atoms with Gasteiger partial charge in [0, 0.05) is 32.2 Å². The zero-order valence-electron chi connectivity index (χ0n) is 10.7. The summed E-state index contributed by atoms with van der Waals surface area (Å²) in [6.07, 6.45) is 5.99. The van der Waals surface area contributed by atoms with Crippen LogP contribution in [0.3, 0.4) is 0 Å². The zero-order valence-corrected chi connectivity index (χ0v) is 10.7. The number of hydrogen-bond acceptors (Lipinski definition) is 5. The second-order valence-electron chi connectivity index (χ2n) is 4.28. The summed E-state index contributed by atoms with van der Waals surface area (Å²) in [6, 6.07) is 7.65. The number of nitrogens with zero attached hydrogens (tertiary/aromatic N) is 4. The van der Waals surface area contributed by atoms with E-state index in [2.05, 4.69) is 9.97 Å². The Morgan fingerprint density at radius 3 is 2.74 bits per heavy atom. The van der Waals surface area contributed by atoms with E-state index < -0.39 is 0 Å². The monoisotopic (exact) mass is 253 g/mol. The predicted octanol–water partition coefficient (Wildman–Crippen LogP) is 1.61. The first-order valence-electron chi connectivity index (χ1n) is 5.96. The molecule has 0 fully saturated rings. The topological polar surface area (TPSA) is 78.8 Å². The van der Waals surface area contributed by atoms with E-state index in [9.17, 15) is 0 Å². The summed E-state index contributed by atoms with van der Waals surface area (Å²) >= 11 is 0. The average molecular weight is 253 g/mol. The molecule has 0 aliphatic carbocycles. The van der Waals surface area contributed by atoms with Crippen molar-refractivity contribution in [3.63, 3.8) is 0 Å². The maximum atomic E-state index is 8.78. The number of pyridine rings is 2. The van der Waals surface area contributed by atoms with E-state index in [1.165, 1.54) is 11.8 Å². The summed E-state index contributed by atoms with van der Waals surface area (Å²) in [5, 5.41) is 8.78. The fourth-order valence-corrected chi connectivity index (χ4v) is 1.81. The number of nitrogens with two attached hydrogens (primary N) is 1. The summed E-state index contributed by atoms with van der Waals surface area (Å²) in [7, 11) is 1.94. The lowest BCUT2D eigenvalue weighted by molar-refractivity contribution is 0.859. The molecule has 5 heteroatoms. The van der Waals surface area contributed by atoms with Gasteiger partial charge in [0.15, 0.2) is 5.82 Å². The highest BCUT2D eigenvalue weighted by atomic mass is 15.2. The van der Waals surface area contributed by atoms with E-state index in [0.29, 0.717) is 17.1 Å². The summed E-state index contributed by atoms with van der Waals surface area (Å²) in [5.74, 6) is 0.702. The number of likely N-dealkylation sites (N-methyl/N-ethyl adjacent to an activating group) is 1. The molecule has 5 nitrogen and oxygen atoms in total. The first-order chi connectivity index (χ1) is 9.20. The van der Waals surface area contributed by atoms with Crippen LogP contribution >= 0.6 is 0 Å². The fourth-order valence-electron chi connectivity index (χ4n) is 1.81. The Labute approximate surface area is 112 Å². The SMILES string of the molecule is CN(CCc1ccncc1)c1ncc(C#N)cc1N. The second-order valence-corrected chi connectivity index (χ2v) is 4.28. The minimum absolute atomic E-state index is 0.476. The van der Waals surface area contributed by atoms with Gasteiger partial charge in [-0.1, -0.05) is 0 Å². The van der Waals surface area contributed by atoms with Crippen molar-refractivity contribution in [1.29, 1.82) is 5.26 Å². The van der Waals surface area contributed by atoms with Crippen molar-refractivity contribution in [2.24, 2.45) is 0 Å². The van der Waals surface area contributed by atoms with Gasteiger partial charge in [0.25, 0.3) is 0 Å². The molecule has 2 aromatic rings. The number of anilines is 2. The first-order valence-corrected chi connectivity index (χ1v) is 5.96. The highest BCUT2D eigenvalue weighted by Gasteiger charge is 2.08. The van der Waals surface area contributed by atoms with Crippen molar-refractivity contribution < 1.29 is 0 Å². The second kappa shape index (κ2) is 5.83. The summed E-state index contributed by atoms with van der Waals surface area (Å²) in [6.45, 7) is 0.799. The van der Waals surface area contributed by atoms with Crippen LogP contribution in [0, 0.1) is 11.3 Å². The van der Waals surface area contributed by atoms with E-state index in [4.69, 9.17) is 11.0 Å². The molecule has 19 heavy (non-hydrogen) atoms. The third-order valence-electron chi connectivity index (χ3n) is 2.87. The van der Waals surface area contributed by atoms with Gasteiger partial charge in [-0.15, -0.1) is 0 Å². The first kappa shape index (κ1) is 12.8. The van der Waals surface area contributed by atoms with Gasteiger partial charge in [-0.3, -0.25) is 4.98 Å². The molecule has 2 rings (SSSR count). The molecule has 0 aromatic carbocycles. The highest BCUT2D eigenvalue weighted by Crippen LogP contribution is 2.19. The molecule has 2 heterocycles. The molecular formula is C14H15N5. The number of nitriles is 1. The van der Waals surface area contributed by atoms with Gasteiger partial charge in [0.05, 0.1) is 11.3 Å². The minimum Gasteiger partial charge on any atom is -0.396 e. The van der Waals surface area contributed by atoms with Gasteiger partial charge < -0.3 is 10.6 Å². The minimum atomic E-state index is 0.476. The van der Waals surface area contributed by atoms with Crippen LogP contribution in [0.25, 0.3) is 0 Å². The average Bonchev–Trinajstić information content (AvgIpc) is 2.45. The Morgan fingerprint density at radius 1 is 1.37 bits per heavy atom. The van der Waals surface area contributed by atoms with E-state index in [1.54, 1.807) is 18.5 Å². The van der Waals surface area contributed by atoms with Crippen molar-refractivity contribution >= 4 is 11.5 Å². The zero-order chi connectivity index (χ0) is 13.7. The van der Waals surface area contributed by atoms with E-state index in [1.807, 2.05) is 30.1 Å². The Kier molecular flexibility index (Phi) is 3.94. The van der Waals surface area contributed by atoms with Crippen LogP contribution in [0.4, 0.5) is 11.5 Å². The molecular weight excluding hydrogens is 238 g/mol. The van der Waals surface area contributed by atoms with Crippen molar-refractivity contribution in [3.05, 3.63) is 47.9 Å². The Morgan fingerprint density at radius 2 is 2.11 bits per heavy atom. The van der Waals surface area contributed by atoms with E-state index in [0.717, 1.165) is 13.0 Å². The largest absolute Gasteiger partial charge is 0.396 e. The normalized spacial score (nSPS) is 9.89. The van der Waals surface area contributed by atoms with E-state index in [-0.39, 0.29) is 0 Å². The molecule has 0 radical (unpaired) electrons. The van der Waals surface area contributed by atoms with Crippen LogP contribution in [-0.4, -0.2) is 23.6 Å². The molecule has 0 unspecified atom stereocenters. The quantitative estimate of drug-likeness (QED) is 0.895. The Hall–Kier alpha value is -2.61. The molecule has 96 valence electrons. The number of rotatable bonds is 4. The molecule has 2 N–H and O–H groups in total. The molecule has 0 bridgehead atoms. The smallest absolute Gasteiger partial charge is 0.151 e. The molecule has 0 amide bonds. The fraction of sp³-hybridized carbons (Fsp3) is 0.214. The molecule has 0 atom stereocenters. The van der Waals surface area contributed by atoms with Crippen LogP contribution in [0.15, 0.2) is 36.8 Å². The van der Waals surface area contributed by atoms with Crippen molar-refractivity contribution in [2.75, 3.05) is 24.2 Å². The van der Waals surface area contributed by atoms with Gasteiger partial charge in [0.1, 0.15) is 6.07 Å². The van der Waals surface area contributed by atoms with Gasteiger partial charge in [-0.2, -0.15) is 5.26 Å². The van der Waals surface area contributed by atoms with Crippen molar-refractivity contribution in [2.45, 2.75) is 6.42 Å². The predicted molar refractivity (Wildman–Crippen MR) is 74.6 cm³/mol. The van der Waals surface area contributed by atoms with E-state index >= 15 is 0 Å². The van der Waals surface area contributed by atoms with Crippen LogP contribution in [0.2, 0.25) is 0 Å². The van der Waals surface area contributed by atoms with Crippen LogP contribution in [0.1, 0.15) is 11.1 Å². The molecule has 2 aromatic heterocycles. The lowest BCUT2D eigenvalue weighted by atomic mass is 10.2. The van der Waals surface area contributed by atoms with Gasteiger partial charge in [-0.05, 0) is 30.2 Å². The summed E-state index contributed by atoms with van der Waals surface area (Å²) in [5.41, 5.74) is 8.12. The summed E-state index contributed by atoms with van der Waals surface area (Å²) < 4.78 is 0. The molecule has 0 aliphatic rings. The number of aromatic nitrogens is 2. The van der Waals surface area contributed by atoms with Crippen LogP contribution in [0.5, 0.6) is 0 Å². The van der Waals surface area contributed by atoms with Crippen LogP contribution in [-0.2, 0) is 6.42 Å². The van der Waals surface area contributed by atoms with Gasteiger partial charge in [0.2, 0.25) is 0 Å².